The zero-order chi connectivity index (χ0) is 38.2. The Labute approximate surface area is 340 Å². The van der Waals surface area contributed by atoms with Crippen LogP contribution in [-0.2, 0) is 5.41 Å². The van der Waals surface area contributed by atoms with Gasteiger partial charge in [-0.15, -0.1) is 0 Å². The molecule has 0 saturated heterocycles. The minimum Gasteiger partial charge on any atom is -0.247 e. The number of pyridine rings is 1. The van der Waals surface area contributed by atoms with E-state index in [1.54, 1.807) is 0 Å². The maximum absolute atomic E-state index is 5.52. The molecule has 8 aromatic carbocycles. The summed E-state index contributed by atoms with van der Waals surface area (Å²) in [6, 6.07) is 71.8. The summed E-state index contributed by atoms with van der Waals surface area (Å²) in [7, 11) is 0. The molecule has 0 atom stereocenters. The molecule has 0 unspecified atom stereocenters. The molecular formula is C54H33N3S. The first-order valence-corrected chi connectivity index (χ1v) is 20.5. The van der Waals surface area contributed by atoms with E-state index in [0.717, 1.165) is 55.6 Å². The third-order valence-corrected chi connectivity index (χ3v) is 13.1. The highest BCUT2D eigenvalue weighted by Gasteiger charge is 2.50. The second-order valence-corrected chi connectivity index (χ2v) is 16.1. The quantitative estimate of drug-likeness (QED) is 0.168. The molecule has 2 aliphatic rings. The van der Waals surface area contributed by atoms with Gasteiger partial charge in [-0.05, 0) is 51.6 Å². The van der Waals surface area contributed by atoms with Gasteiger partial charge in [-0.3, -0.25) is 0 Å². The Morgan fingerprint density at radius 2 is 0.931 bits per heavy atom. The normalized spacial score (nSPS) is 13.2. The van der Waals surface area contributed by atoms with E-state index in [1.165, 1.54) is 48.6 Å². The van der Waals surface area contributed by atoms with E-state index in [2.05, 4.69) is 176 Å². The monoisotopic (exact) mass is 755 g/mol. The summed E-state index contributed by atoms with van der Waals surface area (Å²) >= 11 is 1.89. The number of rotatable bonds is 4. The number of nitrogens with zero attached hydrogens (tertiary/aromatic N) is 3. The number of hydrogen-bond acceptors (Lipinski definition) is 4. The maximum Gasteiger partial charge on any atom is 0.160 e. The standard InChI is InChI=1S/C54H33N3S/c1-4-16-34(17-5-1)46-33-47(57-53(56-46)36-20-8-3-9-21-36)37-28-29-40-48(32-37)55-51(35-18-6-2-7-19-35)41-30-31-45-52(50(40)41)58-49-27-15-14-26-44(49)54(45)42-24-12-10-22-38(42)39-23-11-13-25-43(39)54/h1-33H. The highest BCUT2D eigenvalue weighted by Crippen LogP contribution is 2.63. The van der Waals surface area contributed by atoms with E-state index >= 15 is 0 Å². The van der Waals surface area contributed by atoms with Crippen molar-refractivity contribution in [1.29, 1.82) is 0 Å². The smallest absolute Gasteiger partial charge is 0.160 e. The largest absolute Gasteiger partial charge is 0.247 e. The number of fused-ring (bicyclic) bond motifs is 13. The molecule has 58 heavy (non-hydrogen) atoms. The molecule has 3 heterocycles. The predicted molar refractivity (Wildman–Crippen MR) is 238 cm³/mol. The molecule has 12 rings (SSSR count). The fourth-order valence-electron chi connectivity index (χ4n) is 9.44. The summed E-state index contributed by atoms with van der Waals surface area (Å²) in [6.07, 6.45) is 0. The average molecular weight is 756 g/mol. The molecule has 0 saturated carbocycles. The Bertz CT molecular complexity index is 3150. The molecule has 10 aromatic rings. The molecule has 3 nitrogen and oxygen atoms in total. The lowest BCUT2D eigenvalue weighted by molar-refractivity contribution is 0.726. The third kappa shape index (κ3) is 4.85. The van der Waals surface area contributed by atoms with E-state index in [-0.39, 0.29) is 0 Å². The van der Waals surface area contributed by atoms with E-state index in [1.807, 2.05) is 36.0 Å². The van der Waals surface area contributed by atoms with Crippen LogP contribution in [-0.4, -0.2) is 15.0 Å². The van der Waals surface area contributed by atoms with Crippen LogP contribution in [0, 0.1) is 0 Å². The molecule has 270 valence electrons. The summed E-state index contributed by atoms with van der Waals surface area (Å²) in [6.45, 7) is 0. The maximum atomic E-state index is 5.52. The van der Waals surface area contributed by atoms with Crippen molar-refractivity contribution < 1.29 is 0 Å². The Hall–Kier alpha value is -7.14. The summed E-state index contributed by atoms with van der Waals surface area (Å²) in [5, 5.41) is 3.50. The molecular weight excluding hydrogens is 723 g/mol. The highest BCUT2D eigenvalue weighted by molar-refractivity contribution is 7.99. The number of benzene rings is 8. The van der Waals surface area contributed by atoms with Crippen LogP contribution in [0.5, 0.6) is 0 Å². The minimum absolute atomic E-state index is 0.469. The summed E-state index contributed by atoms with van der Waals surface area (Å²) in [5.74, 6) is 0.694. The highest BCUT2D eigenvalue weighted by atomic mass is 32.2. The zero-order valence-electron chi connectivity index (χ0n) is 31.3. The second-order valence-electron chi connectivity index (χ2n) is 15.1. The van der Waals surface area contributed by atoms with Crippen molar-refractivity contribution >= 4 is 33.4 Å². The van der Waals surface area contributed by atoms with Crippen LogP contribution in [0.25, 0.3) is 78.0 Å². The van der Waals surface area contributed by atoms with Crippen molar-refractivity contribution in [2.24, 2.45) is 0 Å². The fourth-order valence-corrected chi connectivity index (χ4v) is 10.8. The topological polar surface area (TPSA) is 38.7 Å². The van der Waals surface area contributed by atoms with Crippen molar-refractivity contribution in [1.82, 2.24) is 15.0 Å². The Morgan fingerprint density at radius 1 is 0.379 bits per heavy atom. The van der Waals surface area contributed by atoms with Crippen LogP contribution in [0.2, 0.25) is 0 Å². The lowest BCUT2D eigenvalue weighted by atomic mass is 9.67. The van der Waals surface area contributed by atoms with E-state index in [9.17, 15) is 0 Å². The number of aromatic nitrogens is 3. The minimum atomic E-state index is -0.469. The van der Waals surface area contributed by atoms with Gasteiger partial charge in [-0.2, -0.15) is 0 Å². The average Bonchev–Trinajstić information content (AvgIpc) is 3.59. The molecule has 1 aliphatic heterocycles. The second kappa shape index (κ2) is 13.0. The Balaban J connectivity index is 1.16. The van der Waals surface area contributed by atoms with Gasteiger partial charge in [0.1, 0.15) is 0 Å². The molecule has 0 fully saturated rings. The summed E-state index contributed by atoms with van der Waals surface area (Å²) < 4.78 is 0. The number of hydrogen-bond donors (Lipinski definition) is 0. The molecule has 0 N–H and O–H groups in total. The SMILES string of the molecule is c1ccc(-c2cc(-c3ccc4c(c3)nc(-c3ccccc3)c3ccc5c(c34)Sc3ccccc3C53c4ccccc4-c4ccccc43)nc(-c3ccccc3)n2)cc1. The van der Waals surface area contributed by atoms with Crippen molar-refractivity contribution in [3.8, 4) is 56.3 Å². The van der Waals surface area contributed by atoms with Crippen molar-refractivity contribution in [2.75, 3.05) is 0 Å². The van der Waals surface area contributed by atoms with Crippen LogP contribution in [0.15, 0.2) is 210 Å². The van der Waals surface area contributed by atoms with Gasteiger partial charge < -0.3 is 0 Å². The van der Waals surface area contributed by atoms with Gasteiger partial charge in [0.15, 0.2) is 5.82 Å². The first kappa shape index (κ1) is 33.0. The van der Waals surface area contributed by atoms with E-state index in [0.29, 0.717) is 5.82 Å². The zero-order valence-corrected chi connectivity index (χ0v) is 32.1. The third-order valence-electron chi connectivity index (χ3n) is 11.9. The van der Waals surface area contributed by atoms with Crippen molar-refractivity contribution in [3.63, 3.8) is 0 Å². The van der Waals surface area contributed by atoms with Crippen LogP contribution in [0.1, 0.15) is 22.3 Å². The molecule has 4 heteroatoms. The van der Waals surface area contributed by atoms with Gasteiger partial charge in [0.2, 0.25) is 0 Å². The van der Waals surface area contributed by atoms with E-state index in [4.69, 9.17) is 15.0 Å². The van der Waals surface area contributed by atoms with Gasteiger partial charge in [-0.1, -0.05) is 194 Å². The van der Waals surface area contributed by atoms with Gasteiger partial charge in [0, 0.05) is 48.2 Å². The Kier molecular flexibility index (Phi) is 7.38. The van der Waals surface area contributed by atoms with Crippen molar-refractivity contribution in [3.05, 3.63) is 222 Å². The lowest BCUT2D eigenvalue weighted by Crippen LogP contribution is -2.32. The lowest BCUT2D eigenvalue weighted by Gasteiger charge is -2.40. The first-order valence-electron chi connectivity index (χ1n) is 19.7. The van der Waals surface area contributed by atoms with Gasteiger partial charge in [0.05, 0.1) is 28.0 Å². The van der Waals surface area contributed by atoms with Crippen LogP contribution in [0.3, 0.4) is 0 Å². The van der Waals surface area contributed by atoms with Crippen LogP contribution in [0.4, 0.5) is 0 Å². The molecule has 1 spiro atoms. The van der Waals surface area contributed by atoms with Gasteiger partial charge in [-0.25, -0.2) is 15.0 Å². The van der Waals surface area contributed by atoms with Gasteiger partial charge in [0.25, 0.3) is 0 Å². The van der Waals surface area contributed by atoms with Crippen LogP contribution >= 0.6 is 11.8 Å². The van der Waals surface area contributed by atoms with E-state index < -0.39 is 5.41 Å². The summed E-state index contributed by atoms with van der Waals surface area (Å²) in [5.41, 5.74) is 15.2. The fraction of sp³-hybridized carbons (Fsp3) is 0.0185. The molecule has 2 aromatic heterocycles. The molecule has 1 aliphatic carbocycles. The molecule has 0 bridgehead atoms. The van der Waals surface area contributed by atoms with Crippen molar-refractivity contribution in [2.45, 2.75) is 15.2 Å². The summed E-state index contributed by atoms with van der Waals surface area (Å²) in [4.78, 5) is 18.3. The molecule has 0 amide bonds. The molecule has 0 radical (unpaired) electrons. The predicted octanol–water partition coefficient (Wildman–Crippen LogP) is 13.7. The first-order chi connectivity index (χ1) is 28.8. The Morgan fingerprint density at radius 3 is 1.62 bits per heavy atom. The van der Waals surface area contributed by atoms with Crippen LogP contribution < -0.4 is 0 Å². The van der Waals surface area contributed by atoms with Gasteiger partial charge >= 0.3 is 0 Å².